The smallest absolute Gasteiger partial charge is 0.0701 e. The van der Waals surface area contributed by atoms with E-state index < -0.39 is 0 Å². The van der Waals surface area contributed by atoms with Gasteiger partial charge in [0.2, 0.25) is 0 Å². The Hall–Kier alpha value is 0.140. The SMILES string of the molecule is CNCC(Cc1ccc(Br)s1)C(C)C. The minimum Gasteiger partial charge on any atom is -0.319 e. The van der Waals surface area contributed by atoms with Crippen LogP contribution in [0.2, 0.25) is 0 Å². The van der Waals surface area contributed by atoms with Gasteiger partial charge in [0.05, 0.1) is 3.79 Å². The van der Waals surface area contributed by atoms with Crippen molar-refractivity contribution >= 4 is 27.3 Å². The molecule has 0 bridgehead atoms. The topological polar surface area (TPSA) is 12.0 Å². The Morgan fingerprint density at radius 1 is 1.43 bits per heavy atom. The Morgan fingerprint density at radius 2 is 2.14 bits per heavy atom. The van der Waals surface area contributed by atoms with E-state index >= 15 is 0 Å². The number of thiophene rings is 1. The Balaban J connectivity index is 2.55. The molecular formula is C11H18BrNS. The van der Waals surface area contributed by atoms with Crippen LogP contribution < -0.4 is 5.32 Å². The number of nitrogens with one attached hydrogen (secondary N) is 1. The molecule has 1 N–H and O–H groups in total. The number of rotatable bonds is 5. The summed E-state index contributed by atoms with van der Waals surface area (Å²) in [5, 5.41) is 3.27. The highest BCUT2D eigenvalue weighted by Gasteiger charge is 2.13. The molecule has 1 atom stereocenters. The van der Waals surface area contributed by atoms with Gasteiger partial charge in [0.15, 0.2) is 0 Å². The molecule has 1 heterocycles. The van der Waals surface area contributed by atoms with Crippen LogP contribution >= 0.6 is 27.3 Å². The van der Waals surface area contributed by atoms with Gasteiger partial charge in [-0.15, -0.1) is 11.3 Å². The summed E-state index contributed by atoms with van der Waals surface area (Å²) in [7, 11) is 2.03. The maximum atomic E-state index is 3.50. The monoisotopic (exact) mass is 275 g/mol. The maximum absolute atomic E-state index is 3.50. The highest BCUT2D eigenvalue weighted by Crippen LogP contribution is 2.26. The first-order valence-electron chi connectivity index (χ1n) is 5.02. The van der Waals surface area contributed by atoms with Gasteiger partial charge in [-0.3, -0.25) is 0 Å². The van der Waals surface area contributed by atoms with Gasteiger partial charge in [-0.05, 0) is 59.9 Å². The van der Waals surface area contributed by atoms with E-state index in [9.17, 15) is 0 Å². The largest absolute Gasteiger partial charge is 0.319 e. The van der Waals surface area contributed by atoms with E-state index in [1.807, 2.05) is 18.4 Å². The van der Waals surface area contributed by atoms with E-state index in [0.717, 1.165) is 18.4 Å². The molecule has 0 aliphatic heterocycles. The molecule has 14 heavy (non-hydrogen) atoms. The lowest BCUT2D eigenvalue weighted by Gasteiger charge is -2.19. The lowest BCUT2D eigenvalue weighted by atomic mass is 9.92. The summed E-state index contributed by atoms with van der Waals surface area (Å²) in [4.78, 5) is 1.48. The third-order valence-corrected chi connectivity index (χ3v) is 4.15. The van der Waals surface area contributed by atoms with Gasteiger partial charge in [0, 0.05) is 4.88 Å². The quantitative estimate of drug-likeness (QED) is 0.867. The maximum Gasteiger partial charge on any atom is 0.0701 e. The van der Waals surface area contributed by atoms with Crippen molar-refractivity contribution in [1.82, 2.24) is 5.32 Å². The van der Waals surface area contributed by atoms with Gasteiger partial charge in [-0.2, -0.15) is 0 Å². The van der Waals surface area contributed by atoms with Crippen LogP contribution in [0, 0.1) is 11.8 Å². The summed E-state index contributed by atoms with van der Waals surface area (Å²) in [6.45, 7) is 5.70. The van der Waals surface area contributed by atoms with Crippen molar-refractivity contribution in [2.75, 3.05) is 13.6 Å². The van der Waals surface area contributed by atoms with Crippen LogP contribution in [0.15, 0.2) is 15.9 Å². The average molecular weight is 276 g/mol. The second-order valence-electron chi connectivity index (χ2n) is 3.97. The molecule has 0 fully saturated rings. The molecule has 0 aliphatic carbocycles. The van der Waals surface area contributed by atoms with Gasteiger partial charge in [-0.25, -0.2) is 0 Å². The minimum absolute atomic E-state index is 0.739. The Labute approximate surface area is 99.0 Å². The fourth-order valence-corrected chi connectivity index (χ4v) is 3.10. The van der Waals surface area contributed by atoms with Crippen LogP contribution in [0.1, 0.15) is 18.7 Å². The zero-order valence-electron chi connectivity index (χ0n) is 9.01. The summed E-state index contributed by atoms with van der Waals surface area (Å²) < 4.78 is 1.24. The lowest BCUT2D eigenvalue weighted by molar-refractivity contribution is 0.372. The van der Waals surface area contributed by atoms with Crippen molar-refractivity contribution in [3.05, 3.63) is 20.8 Å². The summed E-state index contributed by atoms with van der Waals surface area (Å²) in [6.07, 6.45) is 1.19. The molecule has 80 valence electrons. The summed E-state index contributed by atoms with van der Waals surface area (Å²) in [5.74, 6) is 1.48. The first-order chi connectivity index (χ1) is 6.63. The number of hydrogen-bond donors (Lipinski definition) is 1. The molecule has 0 saturated carbocycles. The summed E-state index contributed by atoms with van der Waals surface area (Å²) in [5.41, 5.74) is 0. The van der Waals surface area contributed by atoms with Crippen LogP contribution in [0.5, 0.6) is 0 Å². The highest BCUT2D eigenvalue weighted by molar-refractivity contribution is 9.11. The number of hydrogen-bond acceptors (Lipinski definition) is 2. The molecule has 0 aliphatic rings. The van der Waals surface area contributed by atoms with Gasteiger partial charge in [-0.1, -0.05) is 13.8 Å². The van der Waals surface area contributed by atoms with Crippen LogP contribution in [0.3, 0.4) is 0 Å². The van der Waals surface area contributed by atoms with Gasteiger partial charge >= 0.3 is 0 Å². The Kier molecular flexibility index (Phi) is 5.13. The second kappa shape index (κ2) is 5.89. The first-order valence-corrected chi connectivity index (χ1v) is 6.63. The van der Waals surface area contributed by atoms with E-state index in [-0.39, 0.29) is 0 Å². The summed E-state index contributed by atoms with van der Waals surface area (Å²) in [6, 6.07) is 4.36. The van der Waals surface area contributed by atoms with Gasteiger partial charge in [0.25, 0.3) is 0 Å². The van der Waals surface area contributed by atoms with E-state index in [0.29, 0.717) is 0 Å². The van der Waals surface area contributed by atoms with E-state index in [2.05, 4.69) is 47.2 Å². The van der Waals surface area contributed by atoms with Crippen LogP contribution in [0.25, 0.3) is 0 Å². The van der Waals surface area contributed by atoms with Crippen LogP contribution in [-0.2, 0) is 6.42 Å². The molecule has 0 amide bonds. The molecule has 3 heteroatoms. The lowest BCUT2D eigenvalue weighted by Crippen LogP contribution is -2.24. The van der Waals surface area contributed by atoms with E-state index in [1.165, 1.54) is 15.1 Å². The molecule has 0 saturated heterocycles. The standard InChI is InChI=1S/C11H18BrNS/c1-8(2)9(7-13-3)6-10-4-5-11(12)14-10/h4-5,8-9,13H,6-7H2,1-3H3. The first kappa shape index (κ1) is 12.2. The highest BCUT2D eigenvalue weighted by atomic mass is 79.9. The fraction of sp³-hybridized carbons (Fsp3) is 0.636. The molecule has 1 rings (SSSR count). The molecule has 1 nitrogen and oxygen atoms in total. The normalized spacial score (nSPS) is 13.5. The van der Waals surface area contributed by atoms with Crippen molar-refractivity contribution < 1.29 is 0 Å². The Morgan fingerprint density at radius 3 is 2.57 bits per heavy atom. The minimum atomic E-state index is 0.739. The molecule has 1 aromatic heterocycles. The van der Waals surface area contributed by atoms with Gasteiger partial charge in [0.1, 0.15) is 0 Å². The van der Waals surface area contributed by atoms with E-state index in [1.54, 1.807) is 0 Å². The second-order valence-corrected chi connectivity index (χ2v) is 6.52. The van der Waals surface area contributed by atoms with Gasteiger partial charge < -0.3 is 5.32 Å². The van der Waals surface area contributed by atoms with Crippen molar-refractivity contribution in [2.45, 2.75) is 20.3 Å². The van der Waals surface area contributed by atoms with Crippen LogP contribution in [0.4, 0.5) is 0 Å². The third kappa shape index (κ3) is 3.71. The molecule has 1 unspecified atom stereocenters. The molecule has 0 radical (unpaired) electrons. The fourth-order valence-electron chi connectivity index (χ4n) is 1.53. The van der Waals surface area contributed by atoms with Crippen molar-refractivity contribution in [2.24, 2.45) is 11.8 Å². The van der Waals surface area contributed by atoms with Crippen molar-refractivity contribution in [3.8, 4) is 0 Å². The van der Waals surface area contributed by atoms with E-state index in [4.69, 9.17) is 0 Å². The third-order valence-electron chi connectivity index (χ3n) is 2.50. The molecule has 1 aromatic rings. The number of halogens is 1. The zero-order chi connectivity index (χ0) is 10.6. The summed E-state index contributed by atoms with van der Waals surface area (Å²) >= 11 is 5.35. The average Bonchev–Trinajstić information content (AvgIpc) is 2.50. The molecular weight excluding hydrogens is 258 g/mol. The van der Waals surface area contributed by atoms with Crippen molar-refractivity contribution in [1.29, 1.82) is 0 Å². The molecule has 0 aromatic carbocycles. The predicted molar refractivity (Wildman–Crippen MR) is 68.0 cm³/mol. The predicted octanol–water partition coefficient (Wildman–Crippen LogP) is 3.54. The molecule has 0 spiro atoms. The zero-order valence-corrected chi connectivity index (χ0v) is 11.4. The van der Waals surface area contributed by atoms with Crippen LogP contribution in [-0.4, -0.2) is 13.6 Å². The Bertz CT molecular complexity index is 270. The van der Waals surface area contributed by atoms with Crippen molar-refractivity contribution in [3.63, 3.8) is 0 Å².